The number of carbonyl (C=O) groups excluding carboxylic acids is 1. The molecule has 1 N–H and O–H groups in total. The zero-order valence-corrected chi connectivity index (χ0v) is 14.3. The van der Waals surface area contributed by atoms with Gasteiger partial charge in [0, 0.05) is 13.6 Å². The topological polar surface area (TPSA) is 71.1 Å². The van der Waals surface area contributed by atoms with Gasteiger partial charge in [-0.3, -0.25) is 9.89 Å². The van der Waals surface area contributed by atoms with E-state index in [9.17, 15) is 4.79 Å². The van der Waals surface area contributed by atoms with E-state index in [-0.39, 0.29) is 5.91 Å². The van der Waals surface area contributed by atoms with Crippen LogP contribution in [0.15, 0.2) is 47.9 Å². The molecule has 0 aliphatic heterocycles. The summed E-state index contributed by atoms with van der Waals surface area (Å²) in [6.07, 6.45) is 1.43. The Balaban J connectivity index is 1.63. The number of hydrogen-bond donors (Lipinski definition) is 1. The van der Waals surface area contributed by atoms with Gasteiger partial charge in [0.25, 0.3) is 0 Å². The van der Waals surface area contributed by atoms with Crippen molar-refractivity contribution in [2.45, 2.75) is 11.7 Å². The van der Waals surface area contributed by atoms with Gasteiger partial charge in [-0.1, -0.05) is 30.0 Å². The van der Waals surface area contributed by atoms with E-state index in [1.807, 2.05) is 31.3 Å². The minimum Gasteiger partial charge on any atom is -0.497 e. The van der Waals surface area contributed by atoms with Crippen molar-refractivity contribution in [3.63, 3.8) is 0 Å². The Labute approximate surface area is 144 Å². The molecule has 1 heterocycles. The number of fused-ring (bicyclic) bond motifs is 1. The average molecular weight is 342 g/mol. The van der Waals surface area contributed by atoms with Crippen molar-refractivity contribution in [2.75, 3.05) is 19.9 Å². The fraction of sp³-hybridized carbons (Fsp3) is 0.235. The number of nitrogens with one attached hydrogen (secondary N) is 1. The van der Waals surface area contributed by atoms with Crippen molar-refractivity contribution in [3.05, 3.63) is 48.3 Å². The summed E-state index contributed by atoms with van der Waals surface area (Å²) >= 11 is 1.35. The number of nitrogens with zero attached hydrogens (tertiary/aromatic N) is 3. The molecule has 0 aliphatic rings. The van der Waals surface area contributed by atoms with Crippen LogP contribution in [0.5, 0.6) is 5.75 Å². The summed E-state index contributed by atoms with van der Waals surface area (Å²) in [5.41, 5.74) is 1.09. The van der Waals surface area contributed by atoms with Crippen molar-refractivity contribution in [1.82, 2.24) is 20.1 Å². The van der Waals surface area contributed by atoms with Crippen molar-refractivity contribution in [1.29, 1.82) is 0 Å². The van der Waals surface area contributed by atoms with Gasteiger partial charge in [-0.05, 0) is 34.5 Å². The number of hydrogen-bond acceptors (Lipinski definition) is 5. The van der Waals surface area contributed by atoms with Crippen molar-refractivity contribution < 1.29 is 9.53 Å². The van der Waals surface area contributed by atoms with E-state index in [0.717, 1.165) is 22.1 Å². The lowest BCUT2D eigenvalue weighted by atomic mass is 10.1. The number of ether oxygens (including phenoxy) is 1. The van der Waals surface area contributed by atoms with Gasteiger partial charge in [-0.25, -0.2) is 4.98 Å². The second-order valence-electron chi connectivity index (χ2n) is 5.38. The van der Waals surface area contributed by atoms with E-state index in [1.165, 1.54) is 18.1 Å². The molecule has 0 saturated heterocycles. The zero-order chi connectivity index (χ0) is 16.9. The molecule has 0 unspecified atom stereocenters. The molecule has 1 amide bonds. The molecule has 3 aromatic rings. The number of aromatic amines is 1. The van der Waals surface area contributed by atoms with Crippen LogP contribution in [0.25, 0.3) is 10.8 Å². The van der Waals surface area contributed by atoms with Gasteiger partial charge in [0.2, 0.25) is 5.91 Å². The van der Waals surface area contributed by atoms with Gasteiger partial charge < -0.3 is 9.64 Å². The van der Waals surface area contributed by atoms with E-state index in [2.05, 4.69) is 27.3 Å². The molecule has 24 heavy (non-hydrogen) atoms. The number of aromatic nitrogens is 3. The first-order valence-corrected chi connectivity index (χ1v) is 8.43. The molecule has 3 rings (SSSR count). The number of benzene rings is 2. The fourth-order valence-corrected chi connectivity index (χ4v) is 3.08. The smallest absolute Gasteiger partial charge is 0.233 e. The van der Waals surface area contributed by atoms with Crippen LogP contribution in [0.3, 0.4) is 0 Å². The lowest BCUT2D eigenvalue weighted by Crippen LogP contribution is -2.27. The lowest BCUT2D eigenvalue weighted by Gasteiger charge is -2.17. The van der Waals surface area contributed by atoms with Gasteiger partial charge >= 0.3 is 0 Å². The van der Waals surface area contributed by atoms with Crippen LogP contribution in [0.2, 0.25) is 0 Å². The van der Waals surface area contributed by atoms with E-state index < -0.39 is 0 Å². The van der Waals surface area contributed by atoms with Crippen LogP contribution < -0.4 is 4.74 Å². The predicted octanol–water partition coefficient (Wildman–Crippen LogP) is 2.72. The molecule has 2 aromatic carbocycles. The maximum atomic E-state index is 12.2. The Morgan fingerprint density at radius 3 is 2.79 bits per heavy atom. The standard InChI is InChI=1S/C17H18N4O2S/c1-21(16(22)10-24-17-18-11-19-20-17)9-12-3-4-14-8-15(23-2)6-5-13(14)7-12/h3-8,11H,9-10H2,1-2H3,(H,18,19,20). The minimum absolute atomic E-state index is 0.0474. The fourth-order valence-electron chi connectivity index (χ4n) is 2.36. The highest BCUT2D eigenvalue weighted by Crippen LogP contribution is 2.22. The average Bonchev–Trinajstić information content (AvgIpc) is 3.12. The predicted molar refractivity (Wildman–Crippen MR) is 94.1 cm³/mol. The molecule has 0 saturated carbocycles. The monoisotopic (exact) mass is 342 g/mol. The molecule has 0 atom stereocenters. The van der Waals surface area contributed by atoms with E-state index in [0.29, 0.717) is 17.5 Å². The third kappa shape index (κ3) is 3.86. The molecule has 0 fully saturated rings. The molecule has 0 spiro atoms. The van der Waals surface area contributed by atoms with E-state index in [1.54, 1.807) is 12.0 Å². The van der Waals surface area contributed by atoms with E-state index >= 15 is 0 Å². The molecule has 0 radical (unpaired) electrons. The highest BCUT2D eigenvalue weighted by molar-refractivity contribution is 7.99. The number of carbonyl (C=O) groups is 1. The number of methoxy groups -OCH3 is 1. The zero-order valence-electron chi connectivity index (χ0n) is 13.5. The minimum atomic E-state index is 0.0474. The second kappa shape index (κ2) is 7.35. The first-order valence-electron chi connectivity index (χ1n) is 7.44. The molecular weight excluding hydrogens is 324 g/mol. The summed E-state index contributed by atoms with van der Waals surface area (Å²) in [6, 6.07) is 12.2. The SMILES string of the molecule is COc1ccc2cc(CN(C)C(=O)CSc3ncn[nH]3)ccc2c1. The van der Waals surface area contributed by atoms with Crippen LogP contribution in [-0.2, 0) is 11.3 Å². The summed E-state index contributed by atoms with van der Waals surface area (Å²) in [7, 11) is 3.47. The summed E-state index contributed by atoms with van der Waals surface area (Å²) < 4.78 is 5.24. The molecule has 124 valence electrons. The normalized spacial score (nSPS) is 10.8. The Bertz CT molecular complexity index is 836. The van der Waals surface area contributed by atoms with Gasteiger partial charge in [-0.2, -0.15) is 5.10 Å². The number of rotatable bonds is 6. The third-order valence-corrected chi connectivity index (χ3v) is 4.54. The summed E-state index contributed by atoms with van der Waals surface area (Å²) in [5.74, 6) is 1.22. The van der Waals surface area contributed by atoms with Crippen LogP contribution in [0, 0.1) is 0 Å². The first-order chi connectivity index (χ1) is 11.7. The van der Waals surface area contributed by atoms with Crippen LogP contribution in [0.1, 0.15) is 5.56 Å². The quantitative estimate of drug-likeness (QED) is 0.698. The summed E-state index contributed by atoms with van der Waals surface area (Å²) in [4.78, 5) is 17.9. The molecule has 6 nitrogen and oxygen atoms in total. The van der Waals surface area contributed by atoms with Gasteiger partial charge in [0.05, 0.1) is 12.9 Å². The largest absolute Gasteiger partial charge is 0.497 e. The van der Waals surface area contributed by atoms with E-state index in [4.69, 9.17) is 4.74 Å². The Hall–Kier alpha value is -2.54. The second-order valence-corrected chi connectivity index (χ2v) is 6.34. The number of H-pyrrole nitrogens is 1. The maximum absolute atomic E-state index is 12.2. The maximum Gasteiger partial charge on any atom is 0.233 e. The van der Waals surface area contributed by atoms with Crippen LogP contribution >= 0.6 is 11.8 Å². The number of amides is 1. The van der Waals surface area contributed by atoms with Gasteiger partial charge in [0.15, 0.2) is 5.16 Å². The molecule has 0 aliphatic carbocycles. The molecular formula is C17H18N4O2S. The highest BCUT2D eigenvalue weighted by atomic mass is 32.2. The third-order valence-electron chi connectivity index (χ3n) is 3.68. The van der Waals surface area contributed by atoms with Crippen LogP contribution in [0.4, 0.5) is 0 Å². The Morgan fingerprint density at radius 1 is 1.25 bits per heavy atom. The number of thioether (sulfide) groups is 1. The Morgan fingerprint density at radius 2 is 2.04 bits per heavy atom. The molecule has 1 aromatic heterocycles. The van der Waals surface area contributed by atoms with Crippen molar-refractivity contribution in [2.24, 2.45) is 0 Å². The first kappa shape index (κ1) is 16.3. The highest BCUT2D eigenvalue weighted by Gasteiger charge is 2.11. The van der Waals surface area contributed by atoms with Gasteiger partial charge in [0.1, 0.15) is 12.1 Å². The Kier molecular flexibility index (Phi) is 5.00. The molecule has 0 bridgehead atoms. The molecule has 7 heteroatoms. The van der Waals surface area contributed by atoms with Crippen molar-refractivity contribution in [3.8, 4) is 5.75 Å². The van der Waals surface area contributed by atoms with Crippen molar-refractivity contribution >= 4 is 28.4 Å². The summed E-state index contributed by atoms with van der Waals surface area (Å²) in [6.45, 7) is 0.567. The lowest BCUT2D eigenvalue weighted by molar-refractivity contribution is -0.127. The van der Waals surface area contributed by atoms with Gasteiger partial charge in [-0.15, -0.1) is 0 Å². The van der Waals surface area contributed by atoms with Crippen LogP contribution in [-0.4, -0.2) is 45.9 Å². The summed E-state index contributed by atoms with van der Waals surface area (Å²) in [5, 5.41) is 9.39.